The molecule has 0 aliphatic rings. The van der Waals surface area contributed by atoms with E-state index in [9.17, 15) is 0 Å². The highest BCUT2D eigenvalue weighted by Crippen LogP contribution is 2.23. The van der Waals surface area contributed by atoms with E-state index in [1.165, 1.54) is 22.4 Å². The molecule has 2 aromatic rings. The van der Waals surface area contributed by atoms with Crippen LogP contribution in [0.3, 0.4) is 0 Å². The number of aryl methyl sites for hydroxylation is 2. The monoisotopic (exact) mass is 267 g/mol. The summed E-state index contributed by atoms with van der Waals surface area (Å²) in [5.41, 5.74) is 5.49. The van der Waals surface area contributed by atoms with E-state index < -0.39 is 0 Å². The van der Waals surface area contributed by atoms with E-state index in [4.69, 9.17) is 0 Å². The average Bonchev–Trinajstić information content (AvgIpc) is 2.49. The first kappa shape index (κ1) is 14.6. The molecule has 0 fully saturated rings. The molecule has 2 rings (SSSR count). The summed E-state index contributed by atoms with van der Waals surface area (Å²) in [5.74, 6) is 0. The van der Waals surface area contributed by atoms with E-state index in [0.29, 0.717) is 6.04 Å². The molecular formula is C19H25N. The van der Waals surface area contributed by atoms with Crippen molar-refractivity contribution in [2.75, 3.05) is 5.32 Å². The lowest BCUT2D eigenvalue weighted by Gasteiger charge is -2.22. The van der Waals surface area contributed by atoms with E-state index in [0.717, 1.165) is 19.3 Å². The third kappa shape index (κ3) is 3.63. The van der Waals surface area contributed by atoms with Gasteiger partial charge >= 0.3 is 0 Å². The van der Waals surface area contributed by atoms with Crippen molar-refractivity contribution < 1.29 is 0 Å². The maximum Gasteiger partial charge on any atom is 0.0404 e. The van der Waals surface area contributed by atoms with Gasteiger partial charge in [0.1, 0.15) is 0 Å². The largest absolute Gasteiger partial charge is 0.382 e. The van der Waals surface area contributed by atoms with Crippen LogP contribution in [0, 0.1) is 6.92 Å². The van der Waals surface area contributed by atoms with Crippen LogP contribution < -0.4 is 5.32 Å². The van der Waals surface area contributed by atoms with Crippen LogP contribution in [0.2, 0.25) is 0 Å². The van der Waals surface area contributed by atoms with E-state index in [1.54, 1.807) is 0 Å². The number of para-hydroxylation sites is 1. The van der Waals surface area contributed by atoms with Crippen molar-refractivity contribution in [3.05, 3.63) is 65.2 Å². The number of nitrogens with one attached hydrogen (secondary N) is 1. The molecule has 0 heterocycles. The maximum atomic E-state index is 3.76. The first-order chi connectivity index (χ1) is 9.74. The van der Waals surface area contributed by atoms with Gasteiger partial charge in [-0.15, -0.1) is 0 Å². The fraction of sp³-hybridized carbons (Fsp3) is 0.368. The second-order valence-corrected chi connectivity index (χ2v) is 5.40. The lowest BCUT2D eigenvalue weighted by molar-refractivity contribution is 0.688. The molecule has 1 heteroatoms. The Morgan fingerprint density at radius 3 is 2.35 bits per heavy atom. The molecule has 0 aliphatic heterocycles. The van der Waals surface area contributed by atoms with Crippen LogP contribution in [0.5, 0.6) is 0 Å². The van der Waals surface area contributed by atoms with Crippen molar-refractivity contribution in [3.63, 3.8) is 0 Å². The zero-order valence-electron chi connectivity index (χ0n) is 12.8. The smallest absolute Gasteiger partial charge is 0.0404 e. The van der Waals surface area contributed by atoms with Gasteiger partial charge in [-0.2, -0.15) is 0 Å². The molecule has 0 saturated carbocycles. The van der Waals surface area contributed by atoms with Gasteiger partial charge in [0.2, 0.25) is 0 Å². The molecule has 1 nitrogen and oxygen atoms in total. The van der Waals surface area contributed by atoms with Crippen LogP contribution in [0.4, 0.5) is 5.69 Å². The summed E-state index contributed by atoms with van der Waals surface area (Å²) in [6.07, 6.45) is 3.28. The van der Waals surface area contributed by atoms with Crippen molar-refractivity contribution in [2.45, 2.75) is 46.1 Å². The average molecular weight is 267 g/mol. The summed E-state index contributed by atoms with van der Waals surface area (Å²) in [6, 6.07) is 17.8. The van der Waals surface area contributed by atoms with Gasteiger partial charge in [-0.25, -0.2) is 0 Å². The molecule has 0 spiro atoms. The van der Waals surface area contributed by atoms with Crippen LogP contribution in [0.1, 0.15) is 37.0 Å². The van der Waals surface area contributed by atoms with Crippen molar-refractivity contribution in [3.8, 4) is 0 Å². The summed E-state index contributed by atoms with van der Waals surface area (Å²) < 4.78 is 0. The van der Waals surface area contributed by atoms with Crippen molar-refractivity contribution in [2.24, 2.45) is 0 Å². The summed E-state index contributed by atoms with van der Waals surface area (Å²) in [5, 5.41) is 3.76. The number of hydrogen-bond donors (Lipinski definition) is 1. The summed E-state index contributed by atoms with van der Waals surface area (Å²) in [4.78, 5) is 0. The van der Waals surface area contributed by atoms with Crippen LogP contribution in [0.25, 0.3) is 0 Å². The van der Waals surface area contributed by atoms with Gasteiger partial charge in [0.25, 0.3) is 0 Å². The van der Waals surface area contributed by atoms with Gasteiger partial charge in [0.15, 0.2) is 0 Å². The van der Waals surface area contributed by atoms with Gasteiger partial charge < -0.3 is 5.32 Å². The number of benzene rings is 2. The molecule has 0 amide bonds. The molecule has 106 valence electrons. The topological polar surface area (TPSA) is 12.0 Å². The highest BCUT2D eigenvalue weighted by Gasteiger charge is 2.11. The minimum atomic E-state index is 0.490. The highest BCUT2D eigenvalue weighted by molar-refractivity contribution is 5.58. The van der Waals surface area contributed by atoms with Gasteiger partial charge in [-0.05, 0) is 42.9 Å². The van der Waals surface area contributed by atoms with Gasteiger partial charge in [0.05, 0.1) is 0 Å². The van der Waals surface area contributed by atoms with Crippen molar-refractivity contribution in [1.82, 2.24) is 0 Å². The quantitative estimate of drug-likeness (QED) is 0.777. The molecule has 20 heavy (non-hydrogen) atoms. The van der Waals surface area contributed by atoms with E-state index in [1.807, 2.05) is 0 Å². The zero-order valence-corrected chi connectivity index (χ0v) is 12.8. The highest BCUT2D eigenvalue weighted by atomic mass is 14.9. The Kier molecular flexibility index (Phi) is 5.23. The number of anilines is 1. The molecule has 1 atom stereocenters. The van der Waals surface area contributed by atoms with E-state index in [-0.39, 0.29) is 0 Å². The third-order valence-electron chi connectivity index (χ3n) is 3.91. The Balaban J connectivity index is 2.14. The lowest BCUT2D eigenvalue weighted by Crippen LogP contribution is -2.22. The minimum Gasteiger partial charge on any atom is -0.382 e. The van der Waals surface area contributed by atoms with Crippen molar-refractivity contribution in [1.29, 1.82) is 0 Å². The molecule has 0 saturated heterocycles. The van der Waals surface area contributed by atoms with Crippen molar-refractivity contribution >= 4 is 5.69 Å². The van der Waals surface area contributed by atoms with E-state index >= 15 is 0 Å². The second-order valence-electron chi connectivity index (χ2n) is 5.40. The second kappa shape index (κ2) is 7.14. The van der Waals surface area contributed by atoms with Crippen LogP contribution >= 0.6 is 0 Å². The third-order valence-corrected chi connectivity index (χ3v) is 3.91. The zero-order chi connectivity index (χ0) is 14.4. The summed E-state index contributed by atoms with van der Waals surface area (Å²) in [6.45, 7) is 6.67. The Labute approximate surface area is 123 Å². The SMILES string of the molecule is CCc1cccc(C)c1NC(CC)Cc1ccccc1. The Hall–Kier alpha value is -1.76. The lowest BCUT2D eigenvalue weighted by atomic mass is 10.0. The Bertz CT molecular complexity index is 531. The van der Waals surface area contributed by atoms with Gasteiger partial charge in [-0.1, -0.05) is 62.4 Å². The predicted molar refractivity (Wildman–Crippen MR) is 88.4 cm³/mol. The van der Waals surface area contributed by atoms with E-state index in [2.05, 4.69) is 74.6 Å². The first-order valence-corrected chi connectivity index (χ1v) is 7.63. The fourth-order valence-corrected chi connectivity index (χ4v) is 2.63. The maximum absolute atomic E-state index is 3.76. The predicted octanol–water partition coefficient (Wildman–Crippen LogP) is 4.99. The molecular weight excluding hydrogens is 242 g/mol. The first-order valence-electron chi connectivity index (χ1n) is 7.63. The standard InChI is InChI=1S/C19H25N/c1-4-17-13-9-10-15(3)19(17)20-18(5-2)14-16-11-7-6-8-12-16/h6-13,18,20H,4-5,14H2,1-3H3. The normalized spacial score (nSPS) is 12.2. The van der Waals surface area contributed by atoms with Gasteiger partial charge in [0, 0.05) is 11.7 Å². The molecule has 0 bridgehead atoms. The fourth-order valence-electron chi connectivity index (χ4n) is 2.63. The number of rotatable bonds is 6. The van der Waals surface area contributed by atoms with Crippen LogP contribution in [-0.4, -0.2) is 6.04 Å². The molecule has 0 radical (unpaired) electrons. The Morgan fingerprint density at radius 1 is 0.950 bits per heavy atom. The van der Waals surface area contributed by atoms with Gasteiger partial charge in [-0.3, -0.25) is 0 Å². The molecule has 0 aliphatic carbocycles. The minimum absolute atomic E-state index is 0.490. The van der Waals surface area contributed by atoms with Crippen LogP contribution in [0.15, 0.2) is 48.5 Å². The summed E-state index contributed by atoms with van der Waals surface area (Å²) in [7, 11) is 0. The number of hydrogen-bond acceptors (Lipinski definition) is 1. The summed E-state index contributed by atoms with van der Waals surface area (Å²) >= 11 is 0. The molecule has 1 unspecified atom stereocenters. The molecule has 0 aromatic heterocycles. The van der Waals surface area contributed by atoms with Crippen LogP contribution in [-0.2, 0) is 12.8 Å². The molecule has 1 N–H and O–H groups in total. The molecule has 2 aromatic carbocycles. The Morgan fingerprint density at radius 2 is 1.70 bits per heavy atom.